The van der Waals surface area contributed by atoms with Crippen molar-refractivity contribution in [3.63, 3.8) is 0 Å². The summed E-state index contributed by atoms with van der Waals surface area (Å²) in [7, 11) is 1.40. The summed E-state index contributed by atoms with van der Waals surface area (Å²) in [5.74, 6) is -0.764. The maximum atomic E-state index is 13.3. The number of benzene rings is 2. The summed E-state index contributed by atoms with van der Waals surface area (Å²) in [4.78, 5) is 28.7. The Morgan fingerprint density at radius 3 is 2.68 bits per heavy atom. The van der Waals surface area contributed by atoms with Crippen LogP contribution in [0.25, 0.3) is 11.0 Å². The van der Waals surface area contributed by atoms with Crippen LogP contribution in [0.4, 0.5) is 10.1 Å². The molecular weight excluding hydrogens is 289 g/mol. The largest absolute Gasteiger partial charge is 0.496 e. The van der Waals surface area contributed by atoms with Gasteiger partial charge in [0.1, 0.15) is 11.6 Å². The molecule has 0 fully saturated rings. The number of halogens is 1. The van der Waals surface area contributed by atoms with Crippen LogP contribution in [0.1, 0.15) is 10.4 Å². The SMILES string of the molecule is COc1ccc(F)cc1C(=O)Nc1ccc2[nH]c(=O)[nH]c2c1. The summed E-state index contributed by atoms with van der Waals surface area (Å²) < 4.78 is 18.4. The molecule has 1 amide bonds. The van der Waals surface area contributed by atoms with E-state index in [-0.39, 0.29) is 17.0 Å². The lowest BCUT2D eigenvalue weighted by Gasteiger charge is -2.09. The van der Waals surface area contributed by atoms with Crippen molar-refractivity contribution in [2.75, 3.05) is 12.4 Å². The molecule has 0 bridgehead atoms. The number of H-pyrrole nitrogens is 2. The molecule has 0 aliphatic heterocycles. The molecule has 0 aliphatic rings. The van der Waals surface area contributed by atoms with Crippen molar-refractivity contribution in [1.82, 2.24) is 9.97 Å². The smallest absolute Gasteiger partial charge is 0.323 e. The van der Waals surface area contributed by atoms with Crippen LogP contribution in [-0.4, -0.2) is 23.0 Å². The van der Waals surface area contributed by atoms with Gasteiger partial charge in [0.15, 0.2) is 0 Å². The minimum atomic E-state index is -0.531. The van der Waals surface area contributed by atoms with Crippen LogP contribution in [0.2, 0.25) is 0 Å². The van der Waals surface area contributed by atoms with Crippen LogP contribution in [0.15, 0.2) is 41.2 Å². The molecule has 0 atom stereocenters. The number of ether oxygens (including phenoxy) is 1. The van der Waals surface area contributed by atoms with Gasteiger partial charge in [-0.3, -0.25) is 4.79 Å². The second-order valence-electron chi connectivity index (χ2n) is 4.64. The zero-order valence-corrected chi connectivity index (χ0v) is 11.6. The first-order valence-electron chi connectivity index (χ1n) is 6.44. The van der Waals surface area contributed by atoms with Gasteiger partial charge in [0, 0.05) is 5.69 Å². The van der Waals surface area contributed by atoms with Crippen molar-refractivity contribution in [1.29, 1.82) is 0 Å². The monoisotopic (exact) mass is 301 g/mol. The molecule has 2 aromatic carbocycles. The first kappa shape index (κ1) is 13.9. The van der Waals surface area contributed by atoms with Gasteiger partial charge in [-0.2, -0.15) is 0 Å². The number of methoxy groups -OCH3 is 1. The number of nitrogens with one attached hydrogen (secondary N) is 3. The molecule has 1 heterocycles. The molecule has 3 aromatic rings. The lowest BCUT2D eigenvalue weighted by molar-refractivity contribution is 0.102. The third-order valence-electron chi connectivity index (χ3n) is 3.18. The topological polar surface area (TPSA) is 87.0 Å². The Kier molecular flexibility index (Phi) is 3.38. The highest BCUT2D eigenvalue weighted by Crippen LogP contribution is 2.21. The molecule has 3 rings (SSSR count). The Balaban J connectivity index is 1.92. The third kappa shape index (κ3) is 2.56. The van der Waals surface area contributed by atoms with Crippen LogP contribution >= 0.6 is 0 Å². The van der Waals surface area contributed by atoms with Crippen LogP contribution < -0.4 is 15.7 Å². The van der Waals surface area contributed by atoms with Gasteiger partial charge in [0.2, 0.25) is 0 Å². The number of hydrogen-bond donors (Lipinski definition) is 3. The molecule has 0 saturated carbocycles. The van der Waals surface area contributed by atoms with Gasteiger partial charge in [0.25, 0.3) is 5.91 Å². The molecule has 0 spiro atoms. The number of anilines is 1. The molecule has 3 N–H and O–H groups in total. The number of hydrogen-bond acceptors (Lipinski definition) is 3. The number of aromatic nitrogens is 2. The second-order valence-corrected chi connectivity index (χ2v) is 4.64. The number of aromatic amines is 2. The molecule has 7 heteroatoms. The van der Waals surface area contributed by atoms with E-state index in [9.17, 15) is 14.0 Å². The standard InChI is InChI=1S/C15H12FN3O3/c1-22-13-5-2-8(16)6-10(13)14(20)17-9-3-4-11-12(7-9)19-15(21)18-11/h2-7H,1H3,(H,17,20)(H2,18,19,21). The highest BCUT2D eigenvalue weighted by Gasteiger charge is 2.14. The van der Waals surface area contributed by atoms with Crippen molar-refractivity contribution >= 4 is 22.6 Å². The van der Waals surface area contributed by atoms with Gasteiger partial charge in [0.05, 0.1) is 23.7 Å². The molecule has 0 radical (unpaired) electrons. The van der Waals surface area contributed by atoms with Crippen LogP contribution in [0.3, 0.4) is 0 Å². The summed E-state index contributed by atoms with van der Waals surface area (Å²) in [5.41, 5.74) is 1.43. The maximum Gasteiger partial charge on any atom is 0.323 e. The Hall–Kier alpha value is -3.09. The quantitative estimate of drug-likeness (QED) is 0.693. The lowest BCUT2D eigenvalue weighted by atomic mass is 10.1. The van der Waals surface area contributed by atoms with Crippen molar-refractivity contribution in [2.45, 2.75) is 0 Å². The first-order chi connectivity index (χ1) is 10.6. The van der Waals surface area contributed by atoms with E-state index in [4.69, 9.17) is 4.74 Å². The zero-order chi connectivity index (χ0) is 15.7. The Bertz CT molecular complexity index is 914. The van der Waals surface area contributed by atoms with E-state index < -0.39 is 11.7 Å². The lowest BCUT2D eigenvalue weighted by Crippen LogP contribution is -2.13. The van der Waals surface area contributed by atoms with Gasteiger partial charge < -0.3 is 20.0 Å². The number of carbonyl (C=O) groups is 1. The summed E-state index contributed by atoms with van der Waals surface area (Å²) in [6.45, 7) is 0. The van der Waals surface area contributed by atoms with E-state index in [1.807, 2.05) is 0 Å². The molecular formula is C15H12FN3O3. The van der Waals surface area contributed by atoms with Crippen molar-refractivity contribution < 1.29 is 13.9 Å². The normalized spacial score (nSPS) is 10.6. The van der Waals surface area contributed by atoms with Gasteiger partial charge in [-0.25, -0.2) is 9.18 Å². The van der Waals surface area contributed by atoms with E-state index in [0.717, 1.165) is 6.07 Å². The Labute approximate surface area is 123 Å². The summed E-state index contributed by atoms with van der Waals surface area (Å²) in [6.07, 6.45) is 0. The molecule has 0 unspecified atom stereocenters. The molecule has 0 aliphatic carbocycles. The number of carbonyl (C=O) groups excluding carboxylic acids is 1. The average molecular weight is 301 g/mol. The maximum absolute atomic E-state index is 13.3. The fourth-order valence-corrected chi connectivity index (χ4v) is 2.17. The zero-order valence-electron chi connectivity index (χ0n) is 11.6. The highest BCUT2D eigenvalue weighted by atomic mass is 19.1. The summed E-state index contributed by atoms with van der Waals surface area (Å²) in [6, 6.07) is 8.60. The van der Waals surface area contributed by atoms with Crippen molar-refractivity contribution in [2.24, 2.45) is 0 Å². The van der Waals surface area contributed by atoms with Crippen molar-refractivity contribution in [3.05, 3.63) is 58.3 Å². The fourth-order valence-electron chi connectivity index (χ4n) is 2.17. The second kappa shape index (κ2) is 5.36. The minimum Gasteiger partial charge on any atom is -0.496 e. The molecule has 112 valence electrons. The van der Waals surface area contributed by atoms with Gasteiger partial charge in [-0.15, -0.1) is 0 Å². The molecule has 6 nitrogen and oxygen atoms in total. The average Bonchev–Trinajstić information content (AvgIpc) is 2.86. The highest BCUT2D eigenvalue weighted by molar-refractivity contribution is 6.06. The van der Waals surface area contributed by atoms with Crippen molar-refractivity contribution in [3.8, 4) is 5.75 Å². The van der Waals surface area contributed by atoms with E-state index in [0.29, 0.717) is 16.7 Å². The van der Waals surface area contributed by atoms with Gasteiger partial charge >= 0.3 is 5.69 Å². The predicted octanol–water partition coefficient (Wildman–Crippen LogP) is 2.26. The van der Waals surface area contributed by atoms with E-state index in [1.54, 1.807) is 18.2 Å². The van der Waals surface area contributed by atoms with E-state index in [2.05, 4.69) is 15.3 Å². The number of rotatable bonds is 3. The van der Waals surface area contributed by atoms with Crippen LogP contribution in [0.5, 0.6) is 5.75 Å². The molecule has 1 aromatic heterocycles. The number of amides is 1. The molecule has 22 heavy (non-hydrogen) atoms. The molecule has 0 saturated heterocycles. The van der Waals surface area contributed by atoms with Crippen LogP contribution in [0, 0.1) is 5.82 Å². The predicted molar refractivity (Wildman–Crippen MR) is 79.8 cm³/mol. The Morgan fingerprint density at radius 1 is 1.14 bits per heavy atom. The Morgan fingerprint density at radius 2 is 1.91 bits per heavy atom. The number of imidazole rings is 1. The minimum absolute atomic E-state index is 0.0881. The summed E-state index contributed by atoms with van der Waals surface area (Å²) >= 11 is 0. The third-order valence-corrected chi connectivity index (χ3v) is 3.18. The van der Waals surface area contributed by atoms with E-state index >= 15 is 0 Å². The van der Waals surface area contributed by atoms with Gasteiger partial charge in [-0.1, -0.05) is 0 Å². The fraction of sp³-hybridized carbons (Fsp3) is 0.0667. The summed E-state index contributed by atoms with van der Waals surface area (Å²) in [5, 5.41) is 2.64. The number of fused-ring (bicyclic) bond motifs is 1. The first-order valence-corrected chi connectivity index (χ1v) is 6.44. The van der Waals surface area contributed by atoms with E-state index in [1.165, 1.54) is 19.2 Å². The van der Waals surface area contributed by atoms with Crippen LogP contribution in [-0.2, 0) is 0 Å². The van der Waals surface area contributed by atoms with Gasteiger partial charge in [-0.05, 0) is 36.4 Å².